The van der Waals surface area contributed by atoms with E-state index in [0.717, 1.165) is 5.75 Å². The Labute approximate surface area is 110 Å². The average Bonchev–Trinajstić information content (AvgIpc) is 2.94. The zero-order chi connectivity index (χ0) is 11.7. The Morgan fingerprint density at radius 3 is 2.94 bits per heavy atom. The molecule has 1 aromatic carbocycles. The molecule has 0 unspecified atom stereocenters. The van der Waals surface area contributed by atoms with E-state index >= 15 is 0 Å². The lowest BCUT2D eigenvalue weighted by atomic mass is 10.3. The first kappa shape index (κ1) is 12.4. The van der Waals surface area contributed by atoms with Crippen molar-refractivity contribution in [2.45, 2.75) is 6.73 Å². The second kappa shape index (κ2) is 5.05. The van der Waals surface area contributed by atoms with Crippen LogP contribution in [0, 0.1) is 0 Å². The maximum Gasteiger partial charge on any atom is 0.231 e. The van der Waals surface area contributed by atoms with Gasteiger partial charge in [-0.3, -0.25) is 0 Å². The zero-order valence-electron chi connectivity index (χ0n) is 9.41. The van der Waals surface area contributed by atoms with Gasteiger partial charge in [0.2, 0.25) is 6.79 Å². The van der Waals surface area contributed by atoms with Gasteiger partial charge >= 0.3 is 0 Å². The van der Waals surface area contributed by atoms with Gasteiger partial charge in [0.1, 0.15) is 5.75 Å². The van der Waals surface area contributed by atoms with Gasteiger partial charge < -0.3 is 19.9 Å². The number of ether oxygens (including phenoxy) is 3. The molecule has 0 amide bonds. The van der Waals surface area contributed by atoms with E-state index in [1.165, 1.54) is 0 Å². The Morgan fingerprint density at radius 1 is 1.33 bits per heavy atom. The van der Waals surface area contributed by atoms with Gasteiger partial charge in [-0.2, -0.15) is 5.10 Å². The van der Waals surface area contributed by atoms with Crippen LogP contribution in [0.2, 0.25) is 0 Å². The zero-order valence-corrected chi connectivity index (χ0v) is 10.2. The molecule has 2 heterocycles. The third-order valence-electron chi connectivity index (χ3n) is 2.36. The Kier molecular flexibility index (Phi) is 3.47. The quantitative estimate of drug-likeness (QED) is 0.917. The van der Waals surface area contributed by atoms with Gasteiger partial charge in [0.15, 0.2) is 18.2 Å². The molecule has 1 aromatic heterocycles. The smallest absolute Gasteiger partial charge is 0.231 e. The SMILES string of the molecule is Cl.Nc1cnn(COc2ccc3c(c2)OCO3)c1. The molecular weight excluding hydrogens is 258 g/mol. The van der Waals surface area contributed by atoms with E-state index in [2.05, 4.69) is 5.10 Å². The van der Waals surface area contributed by atoms with Gasteiger partial charge in [0.25, 0.3) is 0 Å². The van der Waals surface area contributed by atoms with Crippen LogP contribution in [0.1, 0.15) is 0 Å². The summed E-state index contributed by atoms with van der Waals surface area (Å²) in [5.74, 6) is 2.13. The first-order valence-corrected chi connectivity index (χ1v) is 5.12. The van der Waals surface area contributed by atoms with E-state index in [1.807, 2.05) is 12.1 Å². The molecule has 2 aromatic rings. The molecule has 0 radical (unpaired) electrons. The van der Waals surface area contributed by atoms with Crippen molar-refractivity contribution in [2.75, 3.05) is 12.5 Å². The van der Waals surface area contributed by atoms with Crippen molar-refractivity contribution in [3.63, 3.8) is 0 Å². The molecule has 3 rings (SSSR count). The molecule has 2 N–H and O–H groups in total. The summed E-state index contributed by atoms with van der Waals surface area (Å²) in [5, 5.41) is 4.01. The molecule has 96 valence electrons. The first-order chi connectivity index (χ1) is 8.31. The van der Waals surface area contributed by atoms with Gasteiger partial charge in [-0.05, 0) is 12.1 Å². The van der Waals surface area contributed by atoms with Crippen molar-refractivity contribution < 1.29 is 14.2 Å². The molecule has 0 bridgehead atoms. The Morgan fingerprint density at radius 2 is 2.17 bits per heavy atom. The summed E-state index contributed by atoms with van der Waals surface area (Å²) < 4.78 is 17.6. The highest BCUT2D eigenvalue weighted by Gasteiger charge is 2.13. The summed E-state index contributed by atoms with van der Waals surface area (Å²) in [4.78, 5) is 0. The summed E-state index contributed by atoms with van der Waals surface area (Å²) >= 11 is 0. The van der Waals surface area contributed by atoms with Crippen molar-refractivity contribution in [1.29, 1.82) is 0 Å². The Balaban J connectivity index is 0.00000120. The number of hydrogen-bond acceptors (Lipinski definition) is 5. The van der Waals surface area contributed by atoms with Crippen LogP contribution in [0.25, 0.3) is 0 Å². The van der Waals surface area contributed by atoms with E-state index in [4.69, 9.17) is 19.9 Å². The van der Waals surface area contributed by atoms with Gasteiger partial charge in [-0.1, -0.05) is 0 Å². The molecule has 0 spiro atoms. The predicted octanol–water partition coefficient (Wildman–Crippen LogP) is 1.65. The van der Waals surface area contributed by atoms with Crippen LogP contribution in [0.5, 0.6) is 17.2 Å². The molecule has 1 aliphatic heterocycles. The van der Waals surface area contributed by atoms with Crippen molar-refractivity contribution >= 4 is 18.1 Å². The van der Waals surface area contributed by atoms with E-state index < -0.39 is 0 Å². The normalized spacial score (nSPS) is 12.0. The molecule has 6 nitrogen and oxygen atoms in total. The largest absolute Gasteiger partial charge is 0.471 e. The summed E-state index contributed by atoms with van der Waals surface area (Å²) in [5.41, 5.74) is 6.16. The fourth-order valence-corrected chi connectivity index (χ4v) is 1.56. The number of rotatable bonds is 3. The lowest BCUT2D eigenvalue weighted by Gasteiger charge is -2.06. The number of nitrogens with two attached hydrogens (primary N) is 1. The minimum atomic E-state index is 0. The first-order valence-electron chi connectivity index (χ1n) is 5.12. The molecule has 1 aliphatic rings. The third-order valence-corrected chi connectivity index (χ3v) is 2.36. The molecule has 7 heteroatoms. The molecule has 0 atom stereocenters. The summed E-state index contributed by atoms with van der Waals surface area (Å²) in [6.07, 6.45) is 3.27. The second-order valence-electron chi connectivity index (χ2n) is 3.60. The molecular formula is C11H12ClN3O3. The number of nitrogens with zero attached hydrogens (tertiary/aromatic N) is 2. The number of hydrogen-bond donors (Lipinski definition) is 1. The number of nitrogen functional groups attached to an aromatic ring is 1. The monoisotopic (exact) mass is 269 g/mol. The molecule has 18 heavy (non-hydrogen) atoms. The molecule has 0 fully saturated rings. The maximum atomic E-state index is 5.55. The van der Waals surface area contributed by atoms with Gasteiger partial charge in [-0.15, -0.1) is 12.4 Å². The van der Waals surface area contributed by atoms with Gasteiger partial charge in [0.05, 0.1) is 18.1 Å². The Bertz CT molecular complexity index is 544. The number of benzene rings is 1. The van der Waals surface area contributed by atoms with Crippen molar-refractivity contribution in [1.82, 2.24) is 9.78 Å². The summed E-state index contributed by atoms with van der Waals surface area (Å²) in [7, 11) is 0. The van der Waals surface area contributed by atoms with E-state index in [0.29, 0.717) is 23.9 Å². The fraction of sp³-hybridized carbons (Fsp3) is 0.182. The van der Waals surface area contributed by atoms with Crippen LogP contribution in [0.15, 0.2) is 30.6 Å². The van der Waals surface area contributed by atoms with E-state index in [1.54, 1.807) is 23.1 Å². The average molecular weight is 270 g/mol. The summed E-state index contributed by atoms with van der Waals surface area (Å²) in [6, 6.07) is 5.42. The molecule has 0 saturated heterocycles. The van der Waals surface area contributed by atoms with Crippen LogP contribution in [-0.2, 0) is 6.73 Å². The predicted molar refractivity (Wildman–Crippen MR) is 67.1 cm³/mol. The maximum absolute atomic E-state index is 5.55. The van der Waals surface area contributed by atoms with Crippen molar-refractivity contribution in [3.8, 4) is 17.2 Å². The minimum absolute atomic E-state index is 0. The lowest BCUT2D eigenvalue weighted by Crippen LogP contribution is -2.05. The highest BCUT2D eigenvalue weighted by Crippen LogP contribution is 2.35. The third kappa shape index (κ3) is 2.43. The fourth-order valence-electron chi connectivity index (χ4n) is 1.56. The van der Waals surface area contributed by atoms with E-state index in [-0.39, 0.29) is 19.2 Å². The Hall–Kier alpha value is -2.08. The van der Waals surface area contributed by atoms with Crippen molar-refractivity contribution in [2.24, 2.45) is 0 Å². The minimum Gasteiger partial charge on any atom is -0.471 e. The highest BCUT2D eigenvalue weighted by atomic mass is 35.5. The number of aromatic nitrogens is 2. The van der Waals surface area contributed by atoms with Crippen LogP contribution in [-0.4, -0.2) is 16.6 Å². The van der Waals surface area contributed by atoms with Gasteiger partial charge in [-0.25, -0.2) is 4.68 Å². The van der Waals surface area contributed by atoms with Crippen LogP contribution >= 0.6 is 12.4 Å². The number of fused-ring (bicyclic) bond motifs is 1. The second-order valence-corrected chi connectivity index (χ2v) is 3.60. The van der Waals surface area contributed by atoms with E-state index in [9.17, 15) is 0 Å². The lowest BCUT2D eigenvalue weighted by molar-refractivity contribution is 0.173. The molecule has 0 saturated carbocycles. The number of halogens is 1. The summed E-state index contributed by atoms with van der Waals surface area (Å²) in [6.45, 7) is 0.561. The van der Waals surface area contributed by atoms with Crippen LogP contribution in [0.3, 0.4) is 0 Å². The number of anilines is 1. The van der Waals surface area contributed by atoms with Gasteiger partial charge in [0, 0.05) is 6.07 Å². The van der Waals surface area contributed by atoms with Crippen molar-refractivity contribution in [3.05, 3.63) is 30.6 Å². The van der Waals surface area contributed by atoms with Crippen LogP contribution in [0.4, 0.5) is 5.69 Å². The highest BCUT2D eigenvalue weighted by molar-refractivity contribution is 5.85. The standard InChI is InChI=1S/C11H11N3O3.ClH/c12-8-4-13-14(5-8)6-15-9-1-2-10-11(3-9)17-7-16-10;/h1-5H,6-7,12H2;1H. The topological polar surface area (TPSA) is 71.5 Å². The molecule has 0 aliphatic carbocycles. The van der Waals surface area contributed by atoms with Crippen LogP contribution < -0.4 is 19.9 Å².